The number of aromatic nitrogens is 2. The molecule has 130 valence electrons. The van der Waals surface area contributed by atoms with Gasteiger partial charge in [0.25, 0.3) is 11.8 Å². The SMILES string of the molecule is CCCCCCCNC(=O)/C(C#N)=N\Nc1nc[nH]c1C(=O)NC. The summed E-state index contributed by atoms with van der Waals surface area (Å²) in [5, 5.41) is 17.8. The van der Waals surface area contributed by atoms with Crippen molar-refractivity contribution in [3.8, 4) is 6.07 Å². The molecule has 9 heteroatoms. The van der Waals surface area contributed by atoms with Crippen LogP contribution < -0.4 is 16.1 Å². The summed E-state index contributed by atoms with van der Waals surface area (Å²) in [6.07, 6.45) is 6.68. The number of hydrogen-bond donors (Lipinski definition) is 4. The van der Waals surface area contributed by atoms with Gasteiger partial charge in [-0.05, 0) is 6.42 Å². The largest absolute Gasteiger partial charge is 0.354 e. The fourth-order valence-corrected chi connectivity index (χ4v) is 1.93. The summed E-state index contributed by atoms with van der Waals surface area (Å²) in [7, 11) is 1.48. The van der Waals surface area contributed by atoms with E-state index in [0.717, 1.165) is 25.7 Å². The van der Waals surface area contributed by atoms with Gasteiger partial charge < -0.3 is 15.6 Å². The van der Waals surface area contributed by atoms with Gasteiger partial charge in [0.15, 0.2) is 5.82 Å². The Hall–Kier alpha value is -2.89. The molecule has 24 heavy (non-hydrogen) atoms. The lowest BCUT2D eigenvalue weighted by Gasteiger charge is -2.04. The van der Waals surface area contributed by atoms with E-state index in [1.165, 1.54) is 19.8 Å². The Bertz CT molecular complexity index is 616. The molecule has 0 aromatic carbocycles. The van der Waals surface area contributed by atoms with E-state index < -0.39 is 5.91 Å². The quantitative estimate of drug-likeness (QED) is 0.289. The Balaban J connectivity index is 2.52. The van der Waals surface area contributed by atoms with E-state index in [0.29, 0.717) is 6.54 Å². The maximum Gasteiger partial charge on any atom is 0.282 e. The number of H-pyrrole nitrogens is 1. The van der Waals surface area contributed by atoms with E-state index in [9.17, 15) is 9.59 Å². The Morgan fingerprint density at radius 1 is 1.33 bits per heavy atom. The molecule has 0 radical (unpaired) electrons. The molecule has 0 unspecified atom stereocenters. The zero-order valence-corrected chi connectivity index (χ0v) is 14.0. The normalized spacial score (nSPS) is 10.8. The summed E-state index contributed by atoms with van der Waals surface area (Å²) in [5.74, 6) is -0.813. The molecule has 0 saturated carbocycles. The first-order chi connectivity index (χ1) is 11.6. The number of carbonyl (C=O) groups excluding carboxylic acids is 2. The van der Waals surface area contributed by atoms with Gasteiger partial charge in [0.1, 0.15) is 11.8 Å². The number of imidazole rings is 1. The second-order valence-electron chi connectivity index (χ2n) is 5.06. The molecule has 4 N–H and O–H groups in total. The highest BCUT2D eigenvalue weighted by Gasteiger charge is 2.14. The van der Waals surface area contributed by atoms with E-state index >= 15 is 0 Å². The Labute approximate surface area is 140 Å². The van der Waals surface area contributed by atoms with Crippen molar-refractivity contribution in [2.24, 2.45) is 5.10 Å². The topological polar surface area (TPSA) is 135 Å². The van der Waals surface area contributed by atoms with Gasteiger partial charge in [-0.3, -0.25) is 15.0 Å². The van der Waals surface area contributed by atoms with Crippen molar-refractivity contribution in [3.05, 3.63) is 12.0 Å². The summed E-state index contributed by atoms with van der Waals surface area (Å²) >= 11 is 0. The molecule has 0 spiro atoms. The third kappa shape index (κ3) is 6.08. The van der Waals surface area contributed by atoms with Gasteiger partial charge in [0, 0.05) is 13.6 Å². The van der Waals surface area contributed by atoms with Crippen LogP contribution in [0.15, 0.2) is 11.4 Å². The molecule has 0 fully saturated rings. The zero-order chi connectivity index (χ0) is 17.8. The first-order valence-corrected chi connectivity index (χ1v) is 7.91. The third-order valence-corrected chi connectivity index (χ3v) is 3.25. The van der Waals surface area contributed by atoms with Crippen molar-refractivity contribution < 1.29 is 9.59 Å². The lowest BCUT2D eigenvalue weighted by molar-refractivity contribution is -0.114. The Morgan fingerprint density at radius 2 is 2.08 bits per heavy atom. The highest BCUT2D eigenvalue weighted by atomic mass is 16.2. The summed E-state index contributed by atoms with van der Waals surface area (Å²) in [5.41, 5.74) is 2.30. The van der Waals surface area contributed by atoms with E-state index in [1.54, 1.807) is 6.07 Å². The van der Waals surface area contributed by atoms with Gasteiger partial charge in [-0.2, -0.15) is 10.4 Å². The van der Waals surface area contributed by atoms with Crippen molar-refractivity contribution in [2.75, 3.05) is 19.0 Å². The number of aromatic amines is 1. The van der Waals surface area contributed by atoms with E-state index in [4.69, 9.17) is 5.26 Å². The van der Waals surface area contributed by atoms with Crippen LogP contribution in [0.3, 0.4) is 0 Å². The molecule has 0 saturated heterocycles. The molecule has 1 rings (SSSR count). The molecule has 1 heterocycles. The first-order valence-electron chi connectivity index (χ1n) is 7.91. The molecule has 9 nitrogen and oxygen atoms in total. The highest BCUT2D eigenvalue weighted by Crippen LogP contribution is 2.08. The number of nitrogens with zero attached hydrogens (tertiary/aromatic N) is 3. The van der Waals surface area contributed by atoms with Crippen LogP contribution in [0, 0.1) is 11.3 Å². The first kappa shape index (κ1) is 19.2. The van der Waals surface area contributed by atoms with E-state index in [1.807, 2.05) is 0 Å². The molecule has 0 bridgehead atoms. The average Bonchev–Trinajstić information content (AvgIpc) is 3.06. The van der Waals surface area contributed by atoms with Gasteiger partial charge in [-0.25, -0.2) is 4.98 Å². The number of nitriles is 1. The molecule has 0 aliphatic carbocycles. The molecule has 1 aromatic rings. The van der Waals surface area contributed by atoms with Crippen LogP contribution in [0.4, 0.5) is 5.82 Å². The molecule has 0 atom stereocenters. The van der Waals surface area contributed by atoms with Crippen molar-refractivity contribution in [2.45, 2.75) is 39.0 Å². The van der Waals surface area contributed by atoms with Crippen LogP contribution in [0.2, 0.25) is 0 Å². The fourth-order valence-electron chi connectivity index (χ4n) is 1.93. The molecule has 2 amide bonds. The highest BCUT2D eigenvalue weighted by molar-refractivity contribution is 6.45. The number of carbonyl (C=O) groups is 2. The number of amides is 2. The zero-order valence-electron chi connectivity index (χ0n) is 14.0. The number of hydrogen-bond acceptors (Lipinski definition) is 6. The standard InChI is InChI=1S/C15H23N7O2/c1-3-4-5-6-7-8-18-14(23)11(9-16)21-22-13-12(15(24)17-2)19-10-20-13/h10,22H,3-8H2,1-2H3,(H,17,24)(H,18,23)(H,19,20)/b21-11-. The predicted octanol–water partition coefficient (Wildman–Crippen LogP) is 1.15. The third-order valence-electron chi connectivity index (χ3n) is 3.25. The van der Waals surface area contributed by atoms with Crippen LogP contribution in [0.1, 0.15) is 49.5 Å². The second-order valence-corrected chi connectivity index (χ2v) is 5.06. The second kappa shape index (κ2) is 10.8. The van der Waals surface area contributed by atoms with Crippen LogP contribution >= 0.6 is 0 Å². The fraction of sp³-hybridized carbons (Fsp3) is 0.533. The predicted molar refractivity (Wildman–Crippen MR) is 90.4 cm³/mol. The maximum absolute atomic E-state index is 11.9. The number of unbranched alkanes of at least 4 members (excludes halogenated alkanes) is 4. The van der Waals surface area contributed by atoms with Crippen LogP contribution in [-0.2, 0) is 4.79 Å². The smallest absolute Gasteiger partial charge is 0.282 e. The van der Waals surface area contributed by atoms with Gasteiger partial charge in [0.2, 0.25) is 5.71 Å². The van der Waals surface area contributed by atoms with Crippen LogP contribution in [0.25, 0.3) is 0 Å². The number of anilines is 1. The van der Waals surface area contributed by atoms with Crippen LogP contribution in [-0.4, -0.2) is 41.1 Å². The van der Waals surface area contributed by atoms with Gasteiger partial charge >= 0.3 is 0 Å². The van der Waals surface area contributed by atoms with Crippen LogP contribution in [0.5, 0.6) is 0 Å². The van der Waals surface area contributed by atoms with Gasteiger partial charge in [0.05, 0.1) is 6.33 Å². The minimum atomic E-state index is -0.558. The van der Waals surface area contributed by atoms with Crippen molar-refractivity contribution in [3.63, 3.8) is 0 Å². The molecule has 0 aliphatic rings. The van der Waals surface area contributed by atoms with Crippen molar-refractivity contribution in [1.82, 2.24) is 20.6 Å². The van der Waals surface area contributed by atoms with Gasteiger partial charge in [-0.1, -0.05) is 32.6 Å². The summed E-state index contributed by atoms with van der Waals surface area (Å²) in [6, 6.07) is 1.73. The number of nitrogens with one attached hydrogen (secondary N) is 4. The monoisotopic (exact) mass is 333 g/mol. The minimum Gasteiger partial charge on any atom is -0.354 e. The minimum absolute atomic E-state index is 0.134. The van der Waals surface area contributed by atoms with Crippen molar-refractivity contribution >= 4 is 23.3 Å². The Kier molecular flexibility index (Phi) is 8.60. The van der Waals surface area contributed by atoms with Gasteiger partial charge in [-0.15, -0.1) is 0 Å². The molecular formula is C15H23N7O2. The van der Waals surface area contributed by atoms with E-state index in [2.05, 4.69) is 38.1 Å². The summed E-state index contributed by atoms with van der Waals surface area (Å²) < 4.78 is 0. The molecular weight excluding hydrogens is 310 g/mol. The average molecular weight is 333 g/mol. The summed E-state index contributed by atoms with van der Waals surface area (Å²) in [6.45, 7) is 2.63. The maximum atomic E-state index is 11.9. The lowest BCUT2D eigenvalue weighted by Crippen LogP contribution is -2.31. The molecule has 0 aliphatic heterocycles. The Morgan fingerprint density at radius 3 is 2.75 bits per heavy atom. The lowest BCUT2D eigenvalue weighted by atomic mass is 10.1. The number of hydrazone groups is 1. The van der Waals surface area contributed by atoms with Crippen molar-refractivity contribution in [1.29, 1.82) is 5.26 Å². The molecule has 1 aromatic heterocycles. The summed E-state index contributed by atoms with van der Waals surface area (Å²) in [4.78, 5) is 30.0. The van der Waals surface area contributed by atoms with E-state index in [-0.39, 0.29) is 23.1 Å². The number of rotatable bonds is 10.